The molecule has 2 rings (SSSR count). The van der Waals surface area contributed by atoms with Crippen molar-refractivity contribution in [2.45, 2.75) is 29.7 Å². The molecule has 1 N–H and O–H groups in total. The SMILES string of the molecule is CC(C)c1cc(Sc2c(Cl)c[c]cc2Cl)n[nH]c1=O. The summed E-state index contributed by atoms with van der Waals surface area (Å²) in [5, 5.41) is 8.16. The molecule has 0 saturated carbocycles. The van der Waals surface area contributed by atoms with Gasteiger partial charge in [-0.3, -0.25) is 4.79 Å². The summed E-state index contributed by atoms with van der Waals surface area (Å²) in [7, 11) is 0. The maximum Gasteiger partial charge on any atom is 0.267 e. The Hall–Kier alpha value is -0.970. The van der Waals surface area contributed by atoms with E-state index in [1.807, 2.05) is 13.8 Å². The molecule has 3 nitrogen and oxygen atoms in total. The van der Waals surface area contributed by atoms with Crippen LogP contribution in [-0.4, -0.2) is 10.2 Å². The van der Waals surface area contributed by atoms with Crippen molar-refractivity contribution < 1.29 is 0 Å². The summed E-state index contributed by atoms with van der Waals surface area (Å²) in [6.45, 7) is 3.91. The Morgan fingerprint density at radius 2 is 1.95 bits per heavy atom. The molecular formula is C13H11Cl2N2OS. The molecule has 1 heterocycles. The van der Waals surface area contributed by atoms with E-state index >= 15 is 0 Å². The first-order chi connectivity index (χ1) is 8.99. The number of nitrogens with zero attached hydrogens (tertiary/aromatic N) is 1. The molecule has 0 unspecified atom stereocenters. The summed E-state index contributed by atoms with van der Waals surface area (Å²) in [4.78, 5) is 12.3. The Morgan fingerprint density at radius 3 is 2.53 bits per heavy atom. The molecule has 0 aliphatic carbocycles. The van der Waals surface area contributed by atoms with Gasteiger partial charge in [-0.15, -0.1) is 0 Å². The number of hydrogen-bond acceptors (Lipinski definition) is 3. The second-order valence-electron chi connectivity index (χ2n) is 4.23. The number of halogens is 2. The van der Waals surface area contributed by atoms with Crippen LogP contribution in [0.2, 0.25) is 10.0 Å². The topological polar surface area (TPSA) is 45.8 Å². The van der Waals surface area contributed by atoms with Crippen LogP contribution in [0.15, 0.2) is 32.9 Å². The van der Waals surface area contributed by atoms with Gasteiger partial charge in [-0.25, -0.2) is 5.10 Å². The number of H-pyrrole nitrogens is 1. The van der Waals surface area contributed by atoms with Crippen LogP contribution in [0.5, 0.6) is 0 Å². The minimum atomic E-state index is -0.169. The molecule has 0 amide bonds. The summed E-state index contributed by atoms with van der Waals surface area (Å²) in [5.74, 6) is 0.126. The van der Waals surface area contributed by atoms with Crippen LogP contribution in [0, 0.1) is 6.07 Å². The van der Waals surface area contributed by atoms with Crippen molar-refractivity contribution in [1.29, 1.82) is 0 Å². The monoisotopic (exact) mass is 313 g/mol. The predicted octanol–water partition coefficient (Wildman–Crippen LogP) is 4.15. The smallest absolute Gasteiger partial charge is 0.267 e. The van der Waals surface area contributed by atoms with Gasteiger partial charge in [0.25, 0.3) is 5.56 Å². The van der Waals surface area contributed by atoms with Gasteiger partial charge in [-0.05, 0) is 30.2 Å². The molecule has 1 aromatic carbocycles. The van der Waals surface area contributed by atoms with Crippen molar-refractivity contribution >= 4 is 35.0 Å². The van der Waals surface area contributed by atoms with E-state index in [1.54, 1.807) is 18.2 Å². The van der Waals surface area contributed by atoms with Crippen LogP contribution in [0.4, 0.5) is 0 Å². The summed E-state index contributed by atoms with van der Waals surface area (Å²) < 4.78 is 0. The van der Waals surface area contributed by atoms with Gasteiger partial charge in [0.15, 0.2) is 0 Å². The third-order valence-electron chi connectivity index (χ3n) is 2.49. The van der Waals surface area contributed by atoms with E-state index in [2.05, 4.69) is 16.3 Å². The highest BCUT2D eigenvalue weighted by atomic mass is 35.5. The molecule has 1 aromatic heterocycles. The predicted molar refractivity (Wildman–Crippen MR) is 78.4 cm³/mol. The highest BCUT2D eigenvalue weighted by Gasteiger charge is 2.12. The van der Waals surface area contributed by atoms with Crippen molar-refractivity contribution in [3.05, 3.63) is 50.2 Å². The number of benzene rings is 1. The van der Waals surface area contributed by atoms with Crippen molar-refractivity contribution in [2.75, 3.05) is 0 Å². The second kappa shape index (κ2) is 5.99. The van der Waals surface area contributed by atoms with Gasteiger partial charge in [0, 0.05) is 5.56 Å². The lowest BCUT2D eigenvalue weighted by molar-refractivity contribution is 0.791. The molecule has 6 heteroatoms. The Balaban J connectivity index is 2.39. The van der Waals surface area contributed by atoms with E-state index < -0.39 is 0 Å². The number of aromatic amines is 1. The fourth-order valence-corrected chi connectivity index (χ4v) is 2.93. The number of aromatic nitrogens is 2. The quantitative estimate of drug-likeness (QED) is 0.925. The lowest BCUT2D eigenvalue weighted by Gasteiger charge is -2.08. The minimum absolute atomic E-state index is 0.126. The Morgan fingerprint density at radius 1 is 1.32 bits per heavy atom. The van der Waals surface area contributed by atoms with Gasteiger partial charge in [-0.1, -0.05) is 48.8 Å². The number of rotatable bonds is 3. The minimum Gasteiger partial charge on any atom is -0.268 e. The average molecular weight is 314 g/mol. The third-order valence-corrected chi connectivity index (χ3v) is 4.37. The van der Waals surface area contributed by atoms with Gasteiger partial charge >= 0.3 is 0 Å². The zero-order chi connectivity index (χ0) is 14.0. The normalized spacial score (nSPS) is 11.0. The van der Waals surface area contributed by atoms with Crippen LogP contribution < -0.4 is 5.56 Å². The zero-order valence-electron chi connectivity index (χ0n) is 10.3. The van der Waals surface area contributed by atoms with E-state index in [9.17, 15) is 4.79 Å². The summed E-state index contributed by atoms with van der Waals surface area (Å²) >= 11 is 13.5. The van der Waals surface area contributed by atoms with Crippen molar-refractivity contribution in [3.63, 3.8) is 0 Å². The molecule has 0 aliphatic heterocycles. The lowest BCUT2D eigenvalue weighted by atomic mass is 10.1. The lowest BCUT2D eigenvalue weighted by Crippen LogP contribution is -2.15. The van der Waals surface area contributed by atoms with Crippen LogP contribution >= 0.6 is 35.0 Å². The number of hydrogen-bond donors (Lipinski definition) is 1. The zero-order valence-corrected chi connectivity index (χ0v) is 12.7. The molecular weight excluding hydrogens is 303 g/mol. The molecule has 1 radical (unpaired) electrons. The van der Waals surface area contributed by atoms with E-state index in [0.717, 1.165) is 0 Å². The fraction of sp³-hybridized carbons (Fsp3) is 0.231. The molecule has 0 saturated heterocycles. The van der Waals surface area contributed by atoms with Gasteiger partial charge in [0.2, 0.25) is 0 Å². The van der Waals surface area contributed by atoms with Gasteiger partial charge < -0.3 is 0 Å². The molecule has 0 fully saturated rings. The standard InChI is InChI=1S/C13H11Cl2N2OS/c1-7(2)8-6-11(16-17-13(8)18)19-12-9(14)4-3-5-10(12)15/h4-7H,1-2H3,(H,17,18). The van der Waals surface area contributed by atoms with Crippen molar-refractivity contribution in [3.8, 4) is 0 Å². The van der Waals surface area contributed by atoms with E-state index in [4.69, 9.17) is 23.2 Å². The van der Waals surface area contributed by atoms with Gasteiger partial charge in [-0.2, -0.15) is 5.10 Å². The first-order valence-corrected chi connectivity index (χ1v) is 7.19. The molecule has 0 spiro atoms. The van der Waals surface area contributed by atoms with E-state index in [-0.39, 0.29) is 11.5 Å². The average Bonchev–Trinajstić information content (AvgIpc) is 2.35. The van der Waals surface area contributed by atoms with E-state index in [1.165, 1.54) is 11.8 Å². The van der Waals surface area contributed by atoms with Crippen LogP contribution in [0.1, 0.15) is 25.3 Å². The largest absolute Gasteiger partial charge is 0.268 e. The summed E-state index contributed by atoms with van der Waals surface area (Å²) in [5.41, 5.74) is 0.519. The van der Waals surface area contributed by atoms with Crippen LogP contribution in [0.25, 0.3) is 0 Å². The molecule has 0 aliphatic rings. The van der Waals surface area contributed by atoms with Crippen LogP contribution in [-0.2, 0) is 0 Å². The van der Waals surface area contributed by atoms with Gasteiger partial charge in [0.05, 0.1) is 14.9 Å². The first kappa shape index (κ1) is 14.4. The molecule has 0 bridgehead atoms. The highest BCUT2D eigenvalue weighted by Crippen LogP contribution is 2.37. The fourth-order valence-electron chi connectivity index (χ4n) is 1.52. The first-order valence-electron chi connectivity index (χ1n) is 5.61. The summed E-state index contributed by atoms with van der Waals surface area (Å²) in [6.07, 6.45) is 0. The molecule has 19 heavy (non-hydrogen) atoms. The molecule has 2 aromatic rings. The third kappa shape index (κ3) is 3.32. The Labute approximate surface area is 125 Å². The molecule has 0 atom stereocenters. The van der Waals surface area contributed by atoms with E-state index in [0.29, 0.717) is 25.5 Å². The highest BCUT2D eigenvalue weighted by molar-refractivity contribution is 7.99. The summed E-state index contributed by atoms with van der Waals surface area (Å²) in [6, 6.07) is 7.89. The Kier molecular flexibility index (Phi) is 4.55. The van der Waals surface area contributed by atoms with Crippen LogP contribution in [0.3, 0.4) is 0 Å². The second-order valence-corrected chi connectivity index (χ2v) is 6.07. The maximum atomic E-state index is 11.6. The van der Waals surface area contributed by atoms with Crippen molar-refractivity contribution in [1.82, 2.24) is 10.2 Å². The van der Waals surface area contributed by atoms with Gasteiger partial charge in [0.1, 0.15) is 5.03 Å². The maximum absolute atomic E-state index is 11.6. The molecule has 99 valence electrons. The number of nitrogens with one attached hydrogen (secondary N) is 1. The van der Waals surface area contributed by atoms with Crippen molar-refractivity contribution in [2.24, 2.45) is 0 Å². The Bertz CT molecular complexity index is 635.